The third-order valence-corrected chi connectivity index (χ3v) is 2.01. The minimum absolute atomic E-state index is 0.250. The van der Waals surface area contributed by atoms with Gasteiger partial charge in [0.1, 0.15) is 5.82 Å². The molecule has 1 aromatic rings. The first-order valence-corrected chi connectivity index (χ1v) is 4.67. The fourth-order valence-electron chi connectivity index (χ4n) is 1.26. The van der Waals surface area contributed by atoms with E-state index in [0.717, 1.165) is 5.82 Å². The molecular weight excluding hydrogens is 164 g/mol. The smallest absolute Gasteiger partial charge is 0.152 e. The summed E-state index contributed by atoms with van der Waals surface area (Å²) < 4.78 is 1.93. The number of imidazole rings is 1. The Labute approximate surface area is 78.8 Å². The molecule has 72 valence electrons. The SMILES string of the molecule is CCC(=O)Cn1ccnc1C(C)C. The van der Waals surface area contributed by atoms with Gasteiger partial charge in [0.25, 0.3) is 0 Å². The Hall–Kier alpha value is -1.12. The summed E-state index contributed by atoms with van der Waals surface area (Å²) in [6, 6.07) is 0. The number of rotatable bonds is 4. The Morgan fingerprint density at radius 2 is 2.31 bits per heavy atom. The van der Waals surface area contributed by atoms with Crippen molar-refractivity contribution in [3.8, 4) is 0 Å². The fraction of sp³-hybridized carbons (Fsp3) is 0.600. The second kappa shape index (κ2) is 4.21. The predicted molar refractivity (Wildman–Crippen MR) is 51.6 cm³/mol. The molecule has 1 rings (SSSR count). The average molecular weight is 180 g/mol. The van der Waals surface area contributed by atoms with Crippen LogP contribution in [0.25, 0.3) is 0 Å². The van der Waals surface area contributed by atoms with Crippen molar-refractivity contribution < 1.29 is 4.79 Å². The third-order valence-electron chi connectivity index (χ3n) is 2.01. The van der Waals surface area contributed by atoms with Crippen LogP contribution < -0.4 is 0 Å². The van der Waals surface area contributed by atoms with Crippen LogP contribution >= 0.6 is 0 Å². The van der Waals surface area contributed by atoms with Gasteiger partial charge in [-0.2, -0.15) is 0 Å². The van der Waals surface area contributed by atoms with Gasteiger partial charge in [-0.05, 0) is 0 Å². The van der Waals surface area contributed by atoms with E-state index in [4.69, 9.17) is 0 Å². The molecule has 0 aliphatic carbocycles. The molecule has 1 aromatic heterocycles. The van der Waals surface area contributed by atoms with Crippen LogP contribution in [0, 0.1) is 0 Å². The van der Waals surface area contributed by atoms with Crippen molar-refractivity contribution in [2.45, 2.75) is 39.7 Å². The highest BCUT2D eigenvalue weighted by atomic mass is 16.1. The molecule has 0 atom stereocenters. The molecule has 0 aliphatic rings. The van der Waals surface area contributed by atoms with Gasteiger partial charge in [-0.3, -0.25) is 4.79 Å². The van der Waals surface area contributed by atoms with Gasteiger partial charge in [-0.15, -0.1) is 0 Å². The average Bonchev–Trinajstić information content (AvgIpc) is 2.52. The van der Waals surface area contributed by atoms with Crippen molar-refractivity contribution in [3.05, 3.63) is 18.2 Å². The lowest BCUT2D eigenvalue weighted by atomic mass is 10.2. The lowest BCUT2D eigenvalue weighted by Gasteiger charge is -2.08. The van der Waals surface area contributed by atoms with E-state index < -0.39 is 0 Å². The molecule has 3 heteroatoms. The second-order valence-electron chi connectivity index (χ2n) is 3.46. The Balaban J connectivity index is 2.76. The zero-order chi connectivity index (χ0) is 9.84. The van der Waals surface area contributed by atoms with E-state index in [2.05, 4.69) is 18.8 Å². The van der Waals surface area contributed by atoms with Crippen LogP contribution in [0.2, 0.25) is 0 Å². The lowest BCUT2D eigenvalue weighted by Crippen LogP contribution is -2.11. The minimum atomic E-state index is 0.250. The first kappa shape index (κ1) is 9.96. The normalized spacial score (nSPS) is 10.8. The minimum Gasteiger partial charge on any atom is -0.327 e. The molecule has 0 bridgehead atoms. The summed E-state index contributed by atoms with van der Waals surface area (Å²) in [5.74, 6) is 1.61. The van der Waals surface area contributed by atoms with Gasteiger partial charge >= 0.3 is 0 Å². The largest absolute Gasteiger partial charge is 0.327 e. The Kier molecular flexibility index (Phi) is 3.23. The van der Waals surface area contributed by atoms with Gasteiger partial charge in [0.15, 0.2) is 5.78 Å². The van der Waals surface area contributed by atoms with E-state index in [1.54, 1.807) is 6.20 Å². The van der Waals surface area contributed by atoms with Crippen molar-refractivity contribution in [1.29, 1.82) is 0 Å². The molecule has 0 fully saturated rings. The van der Waals surface area contributed by atoms with Crippen LogP contribution in [0.15, 0.2) is 12.4 Å². The van der Waals surface area contributed by atoms with Crippen LogP contribution in [0.1, 0.15) is 38.9 Å². The molecule has 0 amide bonds. The van der Waals surface area contributed by atoms with Crippen molar-refractivity contribution in [2.75, 3.05) is 0 Å². The molecule has 0 unspecified atom stereocenters. The van der Waals surface area contributed by atoms with Gasteiger partial charge in [-0.1, -0.05) is 20.8 Å². The first-order chi connectivity index (χ1) is 6.15. The van der Waals surface area contributed by atoms with Gasteiger partial charge in [0, 0.05) is 24.7 Å². The standard InChI is InChI=1S/C10H16N2O/c1-4-9(13)7-12-6-5-11-10(12)8(2)3/h5-6,8H,4,7H2,1-3H3. The number of hydrogen-bond donors (Lipinski definition) is 0. The zero-order valence-electron chi connectivity index (χ0n) is 8.45. The molecule has 0 saturated carbocycles. The Morgan fingerprint density at radius 1 is 1.62 bits per heavy atom. The van der Waals surface area contributed by atoms with E-state index in [9.17, 15) is 4.79 Å². The molecule has 0 radical (unpaired) electrons. The van der Waals surface area contributed by atoms with E-state index >= 15 is 0 Å². The monoisotopic (exact) mass is 180 g/mol. The van der Waals surface area contributed by atoms with Gasteiger partial charge in [0.2, 0.25) is 0 Å². The summed E-state index contributed by atoms with van der Waals surface area (Å²) in [5, 5.41) is 0. The van der Waals surface area contributed by atoms with Crippen LogP contribution in [-0.2, 0) is 11.3 Å². The summed E-state index contributed by atoms with van der Waals surface area (Å²) >= 11 is 0. The summed E-state index contributed by atoms with van der Waals surface area (Å²) in [5.41, 5.74) is 0. The van der Waals surface area contributed by atoms with E-state index in [1.807, 2.05) is 17.7 Å². The zero-order valence-corrected chi connectivity index (χ0v) is 8.45. The number of ketones is 1. The van der Waals surface area contributed by atoms with Crippen molar-refractivity contribution in [3.63, 3.8) is 0 Å². The highest BCUT2D eigenvalue weighted by molar-refractivity contribution is 5.77. The van der Waals surface area contributed by atoms with Crippen LogP contribution in [0.3, 0.4) is 0 Å². The molecule has 1 heterocycles. The topological polar surface area (TPSA) is 34.9 Å². The van der Waals surface area contributed by atoms with Gasteiger partial charge < -0.3 is 4.57 Å². The van der Waals surface area contributed by atoms with Crippen molar-refractivity contribution in [1.82, 2.24) is 9.55 Å². The number of hydrogen-bond acceptors (Lipinski definition) is 2. The maximum atomic E-state index is 11.2. The molecule has 0 saturated heterocycles. The highest BCUT2D eigenvalue weighted by Crippen LogP contribution is 2.11. The molecule has 3 nitrogen and oxygen atoms in total. The number of carbonyl (C=O) groups is 1. The maximum Gasteiger partial charge on any atom is 0.152 e. The quantitative estimate of drug-likeness (QED) is 0.710. The van der Waals surface area contributed by atoms with Crippen molar-refractivity contribution in [2.24, 2.45) is 0 Å². The first-order valence-electron chi connectivity index (χ1n) is 4.67. The van der Waals surface area contributed by atoms with Crippen LogP contribution in [0.4, 0.5) is 0 Å². The number of carbonyl (C=O) groups excluding carboxylic acids is 1. The number of nitrogens with zero attached hydrogens (tertiary/aromatic N) is 2. The maximum absolute atomic E-state index is 11.2. The van der Waals surface area contributed by atoms with Crippen LogP contribution in [-0.4, -0.2) is 15.3 Å². The molecule has 0 spiro atoms. The Bertz CT molecular complexity index is 289. The molecular formula is C10H16N2O. The summed E-state index contributed by atoms with van der Waals surface area (Å²) in [6.45, 7) is 6.50. The third kappa shape index (κ3) is 2.41. The number of aromatic nitrogens is 2. The molecule has 0 N–H and O–H groups in total. The van der Waals surface area contributed by atoms with E-state index in [0.29, 0.717) is 18.9 Å². The second-order valence-corrected chi connectivity index (χ2v) is 3.46. The van der Waals surface area contributed by atoms with Crippen molar-refractivity contribution >= 4 is 5.78 Å². The fourth-order valence-corrected chi connectivity index (χ4v) is 1.26. The van der Waals surface area contributed by atoms with Gasteiger partial charge in [0.05, 0.1) is 6.54 Å². The van der Waals surface area contributed by atoms with E-state index in [-0.39, 0.29) is 5.78 Å². The van der Waals surface area contributed by atoms with Gasteiger partial charge in [-0.25, -0.2) is 4.98 Å². The molecule has 13 heavy (non-hydrogen) atoms. The summed E-state index contributed by atoms with van der Waals surface area (Å²) in [7, 11) is 0. The highest BCUT2D eigenvalue weighted by Gasteiger charge is 2.08. The molecule has 0 aromatic carbocycles. The summed E-state index contributed by atoms with van der Waals surface area (Å²) in [4.78, 5) is 15.4. The molecule has 0 aliphatic heterocycles. The summed E-state index contributed by atoms with van der Waals surface area (Å²) in [6.07, 6.45) is 4.21. The lowest BCUT2D eigenvalue weighted by molar-refractivity contribution is -0.119. The predicted octanol–water partition coefficient (Wildman–Crippen LogP) is 1.99. The number of Topliss-reactive ketones (excluding diaryl/α,β-unsaturated/α-hetero) is 1. The Morgan fingerprint density at radius 3 is 2.85 bits per heavy atom. The van der Waals surface area contributed by atoms with Crippen LogP contribution in [0.5, 0.6) is 0 Å². The van der Waals surface area contributed by atoms with E-state index in [1.165, 1.54) is 0 Å².